The van der Waals surface area contributed by atoms with Crippen molar-refractivity contribution in [2.75, 3.05) is 13.1 Å². The lowest BCUT2D eigenvalue weighted by Gasteiger charge is -2.32. The van der Waals surface area contributed by atoms with Gasteiger partial charge in [0, 0.05) is 13.1 Å². The Morgan fingerprint density at radius 3 is 2.55 bits per heavy atom. The third kappa shape index (κ3) is 4.48. The van der Waals surface area contributed by atoms with Gasteiger partial charge in [-0.25, -0.2) is 0 Å². The van der Waals surface area contributed by atoms with E-state index in [-0.39, 0.29) is 0 Å². The highest BCUT2D eigenvalue weighted by Gasteiger charge is 2.28. The van der Waals surface area contributed by atoms with Crippen molar-refractivity contribution in [1.29, 1.82) is 5.26 Å². The number of hydrogen-bond donors (Lipinski definition) is 2. The second kappa shape index (κ2) is 7.23. The maximum Gasteiger partial charge on any atom is 0.0991 e. The van der Waals surface area contributed by atoms with Crippen LogP contribution in [0.15, 0.2) is 30.3 Å². The Morgan fingerprint density at radius 1 is 1.20 bits per heavy atom. The van der Waals surface area contributed by atoms with Crippen molar-refractivity contribution in [2.45, 2.75) is 37.7 Å². The largest absolute Gasteiger partial charge is 0.389 e. The highest BCUT2D eigenvalue weighted by molar-refractivity contribution is 5.51. The van der Waals surface area contributed by atoms with Crippen LogP contribution in [-0.2, 0) is 0 Å². The van der Waals surface area contributed by atoms with Gasteiger partial charge in [-0.1, -0.05) is 43.5 Å². The second-order valence-electron chi connectivity index (χ2n) is 5.55. The van der Waals surface area contributed by atoms with Gasteiger partial charge >= 0.3 is 0 Å². The summed E-state index contributed by atoms with van der Waals surface area (Å²) in [4.78, 5) is 0. The SMILES string of the molecule is N#Cc1ccc(/C=C/CNCC2(O)CCCCC2)cc1. The lowest BCUT2D eigenvalue weighted by Crippen LogP contribution is -2.42. The normalized spacial score (nSPS) is 18.0. The van der Waals surface area contributed by atoms with E-state index in [1.165, 1.54) is 6.42 Å². The Hall–Kier alpha value is -1.63. The van der Waals surface area contributed by atoms with Gasteiger partial charge < -0.3 is 10.4 Å². The van der Waals surface area contributed by atoms with Crippen LogP contribution >= 0.6 is 0 Å². The standard InChI is InChI=1S/C17H22N2O/c18-13-16-8-6-15(7-9-16)5-4-12-19-14-17(20)10-2-1-3-11-17/h4-9,19-20H,1-3,10-12,14H2/b5-4+. The third-order valence-corrected chi connectivity index (χ3v) is 3.85. The predicted octanol–water partition coefficient (Wildman–Crippen LogP) is 2.86. The van der Waals surface area contributed by atoms with Gasteiger partial charge in [0.25, 0.3) is 0 Å². The molecule has 2 rings (SSSR count). The summed E-state index contributed by atoms with van der Waals surface area (Å²) in [5.74, 6) is 0. The molecule has 0 aliphatic heterocycles. The number of rotatable bonds is 5. The van der Waals surface area contributed by atoms with Crippen molar-refractivity contribution in [3.8, 4) is 6.07 Å². The maximum atomic E-state index is 10.3. The number of nitriles is 1. The van der Waals surface area contributed by atoms with Crippen LogP contribution in [-0.4, -0.2) is 23.8 Å². The third-order valence-electron chi connectivity index (χ3n) is 3.85. The summed E-state index contributed by atoms with van der Waals surface area (Å²) in [6.07, 6.45) is 9.44. The molecule has 0 bridgehead atoms. The molecule has 0 heterocycles. The van der Waals surface area contributed by atoms with E-state index in [0.29, 0.717) is 12.1 Å². The van der Waals surface area contributed by atoms with Crippen molar-refractivity contribution < 1.29 is 5.11 Å². The van der Waals surface area contributed by atoms with E-state index in [9.17, 15) is 5.11 Å². The molecule has 3 nitrogen and oxygen atoms in total. The molecule has 1 aromatic rings. The highest BCUT2D eigenvalue weighted by Crippen LogP contribution is 2.27. The molecule has 0 aromatic heterocycles. The summed E-state index contributed by atoms with van der Waals surface area (Å²) >= 11 is 0. The fourth-order valence-electron chi connectivity index (χ4n) is 2.64. The monoisotopic (exact) mass is 270 g/mol. The quantitative estimate of drug-likeness (QED) is 0.809. The molecule has 20 heavy (non-hydrogen) atoms. The molecule has 1 aliphatic rings. The van der Waals surface area contributed by atoms with Crippen molar-refractivity contribution in [2.24, 2.45) is 0 Å². The van der Waals surface area contributed by atoms with Gasteiger partial charge in [0.05, 0.1) is 17.2 Å². The first-order chi connectivity index (χ1) is 9.72. The lowest BCUT2D eigenvalue weighted by atomic mass is 9.85. The smallest absolute Gasteiger partial charge is 0.0991 e. The average Bonchev–Trinajstić information content (AvgIpc) is 2.48. The fraction of sp³-hybridized carbons (Fsp3) is 0.471. The van der Waals surface area contributed by atoms with Crippen molar-refractivity contribution in [3.63, 3.8) is 0 Å². The Balaban J connectivity index is 1.72. The predicted molar refractivity (Wildman–Crippen MR) is 81.1 cm³/mol. The van der Waals surface area contributed by atoms with Gasteiger partial charge in [-0.2, -0.15) is 5.26 Å². The molecule has 0 radical (unpaired) electrons. The minimum atomic E-state index is -0.499. The Morgan fingerprint density at radius 2 is 1.90 bits per heavy atom. The van der Waals surface area contributed by atoms with Gasteiger partial charge in [0.15, 0.2) is 0 Å². The number of aliphatic hydroxyl groups is 1. The zero-order valence-electron chi connectivity index (χ0n) is 11.8. The van der Waals surface area contributed by atoms with Crippen LogP contribution < -0.4 is 5.32 Å². The van der Waals surface area contributed by atoms with Gasteiger partial charge in [-0.05, 0) is 30.5 Å². The molecule has 1 aromatic carbocycles. The van der Waals surface area contributed by atoms with Gasteiger partial charge in [-0.15, -0.1) is 0 Å². The molecule has 3 heteroatoms. The number of nitrogens with zero attached hydrogens (tertiary/aromatic N) is 1. The molecule has 2 N–H and O–H groups in total. The first kappa shape index (κ1) is 14.8. The molecule has 1 aliphatic carbocycles. The van der Waals surface area contributed by atoms with E-state index in [4.69, 9.17) is 5.26 Å². The topological polar surface area (TPSA) is 56.0 Å². The van der Waals surface area contributed by atoms with E-state index in [1.54, 1.807) is 0 Å². The van der Waals surface area contributed by atoms with E-state index in [1.807, 2.05) is 36.4 Å². The van der Waals surface area contributed by atoms with Gasteiger partial charge in [0.1, 0.15) is 0 Å². The fourth-order valence-corrected chi connectivity index (χ4v) is 2.64. The first-order valence-corrected chi connectivity index (χ1v) is 7.32. The van der Waals surface area contributed by atoms with Crippen molar-refractivity contribution in [3.05, 3.63) is 41.5 Å². The molecule has 1 saturated carbocycles. The van der Waals surface area contributed by atoms with E-state index in [0.717, 1.165) is 37.8 Å². The number of hydrogen-bond acceptors (Lipinski definition) is 3. The molecule has 0 unspecified atom stereocenters. The molecule has 0 spiro atoms. The second-order valence-corrected chi connectivity index (χ2v) is 5.55. The van der Waals surface area contributed by atoms with Crippen LogP contribution in [0.4, 0.5) is 0 Å². The highest BCUT2D eigenvalue weighted by atomic mass is 16.3. The van der Waals surface area contributed by atoms with E-state index in [2.05, 4.69) is 11.4 Å². The van der Waals surface area contributed by atoms with E-state index < -0.39 is 5.60 Å². The molecule has 0 saturated heterocycles. The Kier molecular flexibility index (Phi) is 5.34. The lowest BCUT2D eigenvalue weighted by molar-refractivity contribution is 0.00576. The number of benzene rings is 1. The zero-order chi connectivity index (χ0) is 14.3. The molecule has 1 fully saturated rings. The van der Waals surface area contributed by atoms with Gasteiger partial charge in [-0.3, -0.25) is 0 Å². The molecular weight excluding hydrogens is 248 g/mol. The van der Waals surface area contributed by atoms with Crippen molar-refractivity contribution in [1.82, 2.24) is 5.32 Å². The molecule has 0 atom stereocenters. The maximum absolute atomic E-state index is 10.3. The van der Waals surface area contributed by atoms with Crippen LogP contribution in [0.25, 0.3) is 6.08 Å². The minimum Gasteiger partial charge on any atom is -0.389 e. The molecule has 0 amide bonds. The summed E-state index contributed by atoms with van der Waals surface area (Å²) < 4.78 is 0. The molecular formula is C17H22N2O. The summed E-state index contributed by atoms with van der Waals surface area (Å²) in [6.45, 7) is 1.42. The van der Waals surface area contributed by atoms with Gasteiger partial charge in [0.2, 0.25) is 0 Å². The Labute approximate surface area is 120 Å². The van der Waals surface area contributed by atoms with Crippen LogP contribution in [0.2, 0.25) is 0 Å². The van der Waals surface area contributed by atoms with Crippen LogP contribution in [0.1, 0.15) is 43.2 Å². The van der Waals surface area contributed by atoms with Crippen LogP contribution in [0, 0.1) is 11.3 Å². The zero-order valence-corrected chi connectivity index (χ0v) is 11.8. The summed E-state index contributed by atoms with van der Waals surface area (Å²) in [5, 5.41) is 22.3. The van der Waals surface area contributed by atoms with E-state index >= 15 is 0 Å². The van der Waals surface area contributed by atoms with Crippen molar-refractivity contribution >= 4 is 6.08 Å². The minimum absolute atomic E-state index is 0.499. The number of nitrogens with one attached hydrogen (secondary N) is 1. The average molecular weight is 270 g/mol. The van der Waals surface area contributed by atoms with Crippen LogP contribution in [0.5, 0.6) is 0 Å². The Bertz CT molecular complexity index is 479. The first-order valence-electron chi connectivity index (χ1n) is 7.32. The summed E-state index contributed by atoms with van der Waals surface area (Å²) in [5.41, 5.74) is 1.27. The summed E-state index contributed by atoms with van der Waals surface area (Å²) in [6, 6.07) is 9.61. The molecule has 106 valence electrons. The summed E-state index contributed by atoms with van der Waals surface area (Å²) in [7, 11) is 0. The van der Waals surface area contributed by atoms with Crippen LogP contribution in [0.3, 0.4) is 0 Å².